The van der Waals surface area contributed by atoms with Crippen molar-refractivity contribution in [1.29, 1.82) is 0 Å². The van der Waals surface area contributed by atoms with Gasteiger partial charge in [0.05, 0.1) is 0 Å². The number of nitrogens with zero attached hydrogens (tertiary/aromatic N) is 2. The van der Waals surface area contributed by atoms with E-state index in [0.717, 1.165) is 32.7 Å². The molecule has 12 heavy (non-hydrogen) atoms. The van der Waals surface area contributed by atoms with E-state index in [4.69, 9.17) is 0 Å². The maximum absolute atomic E-state index is 3.72. The highest BCUT2D eigenvalue weighted by Gasteiger charge is 2.14. The van der Waals surface area contributed by atoms with Gasteiger partial charge in [0.1, 0.15) is 0 Å². The lowest BCUT2D eigenvalue weighted by atomic mass is 10.3. The first kappa shape index (κ1) is 9.49. The second-order valence-corrected chi connectivity index (χ2v) is 3.01. The van der Waals surface area contributed by atoms with Gasteiger partial charge in [-0.25, -0.2) is 0 Å². The van der Waals surface area contributed by atoms with Crippen molar-refractivity contribution in [3.63, 3.8) is 0 Å². The van der Waals surface area contributed by atoms with Gasteiger partial charge in [-0.05, 0) is 0 Å². The van der Waals surface area contributed by atoms with Crippen LogP contribution in [-0.4, -0.2) is 42.5 Å². The number of hydrogen-bond donors (Lipinski definition) is 0. The van der Waals surface area contributed by atoms with E-state index < -0.39 is 0 Å². The normalized spacial score (nSPS) is 20.7. The fourth-order valence-electron chi connectivity index (χ4n) is 1.36. The topological polar surface area (TPSA) is 6.48 Å². The minimum Gasteiger partial charge on any atom is -0.297 e. The molecule has 2 nitrogen and oxygen atoms in total. The molecule has 1 aliphatic rings. The highest BCUT2D eigenvalue weighted by molar-refractivity contribution is 4.87. The summed E-state index contributed by atoms with van der Waals surface area (Å²) in [5.41, 5.74) is 0. The van der Waals surface area contributed by atoms with Crippen molar-refractivity contribution in [2.75, 3.05) is 32.7 Å². The summed E-state index contributed by atoms with van der Waals surface area (Å²) >= 11 is 0. The maximum atomic E-state index is 3.72. The second kappa shape index (κ2) is 5.12. The van der Waals surface area contributed by atoms with Gasteiger partial charge < -0.3 is 0 Å². The van der Waals surface area contributed by atoms with Crippen LogP contribution in [0.3, 0.4) is 0 Å². The Bertz CT molecular complexity index is 128. The van der Waals surface area contributed by atoms with Gasteiger partial charge in [0.25, 0.3) is 0 Å². The zero-order valence-corrected chi connectivity index (χ0v) is 7.58. The maximum Gasteiger partial charge on any atom is 0.0395 e. The molecule has 1 saturated heterocycles. The van der Waals surface area contributed by atoms with Gasteiger partial charge >= 0.3 is 0 Å². The lowest BCUT2D eigenvalue weighted by Crippen LogP contribution is -2.43. The first-order chi connectivity index (χ1) is 5.86. The van der Waals surface area contributed by atoms with Crippen molar-refractivity contribution in [3.05, 3.63) is 31.9 Å². The summed E-state index contributed by atoms with van der Waals surface area (Å²) in [6, 6.07) is 0. The highest BCUT2D eigenvalue weighted by atomic mass is 15.3. The van der Waals surface area contributed by atoms with Crippen LogP contribution in [0.5, 0.6) is 0 Å². The van der Waals surface area contributed by atoms with Gasteiger partial charge in [-0.15, -0.1) is 13.2 Å². The van der Waals surface area contributed by atoms with E-state index in [1.54, 1.807) is 0 Å². The minimum atomic E-state index is 0.974. The first-order valence-electron chi connectivity index (χ1n) is 4.38. The molecule has 0 saturated carbocycles. The lowest BCUT2D eigenvalue weighted by Gasteiger charge is -2.32. The molecule has 67 valence electrons. The molecule has 0 spiro atoms. The third-order valence-corrected chi connectivity index (χ3v) is 2.05. The van der Waals surface area contributed by atoms with E-state index in [9.17, 15) is 0 Å². The SMILES string of the molecule is C=CCN1[CH]CN(CC=C)CC1. The first-order valence-corrected chi connectivity index (χ1v) is 4.38. The Morgan fingerprint density at radius 2 is 1.92 bits per heavy atom. The van der Waals surface area contributed by atoms with E-state index in [2.05, 4.69) is 29.5 Å². The molecule has 1 fully saturated rings. The Hall–Kier alpha value is -0.600. The largest absolute Gasteiger partial charge is 0.297 e. The van der Waals surface area contributed by atoms with E-state index in [0.29, 0.717) is 0 Å². The molecule has 0 amide bonds. The molecule has 0 aromatic carbocycles. The smallest absolute Gasteiger partial charge is 0.0395 e. The van der Waals surface area contributed by atoms with E-state index >= 15 is 0 Å². The Kier molecular flexibility index (Phi) is 4.05. The quantitative estimate of drug-likeness (QED) is 0.576. The molecule has 0 aromatic rings. The molecule has 0 aromatic heterocycles. The summed E-state index contributed by atoms with van der Waals surface area (Å²) in [5, 5.41) is 0. The van der Waals surface area contributed by atoms with E-state index in [-0.39, 0.29) is 0 Å². The number of rotatable bonds is 4. The van der Waals surface area contributed by atoms with Crippen molar-refractivity contribution in [2.45, 2.75) is 0 Å². The fraction of sp³-hybridized carbons (Fsp3) is 0.500. The van der Waals surface area contributed by atoms with Crippen LogP contribution in [0.15, 0.2) is 25.3 Å². The van der Waals surface area contributed by atoms with E-state index in [1.165, 1.54) is 0 Å². The monoisotopic (exact) mass is 165 g/mol. The summed E-state index contributed by atoms with van der Waals surface area (Å²) in [4.78, 5) is 4.67. The summed E-state index contributed by atoms with van der Waals surface area (Å²) in [5.74, 6) is 0. The Balaban J connectivity index is 2.19. The molecule has 0 atom stereocenters. The molecule has 2 heteroatoms. The molecular formula is C10H17N2. The van der Waals surface area contributed by atoms with E-state index in [1.807, 2.05) is 12.2 Å². The lowest BCUT2D eigenvalue weighted by molar-refractivity contribution is 0.193. The summed E-state index contributed by atoms with van der Waals surface area (Å²) in [6.07, 6.45) is 3.90. The summed E-state index contributed by atoms with van der Waals surface area (Å²) in [7, 11) is 0. The third-order valence-electron chi connectivity index (χ3n) is 2.05. The standard InChI is InChI=1S/C10H17N2/c1-3-5-11-7-9-12(6-4-2)10-8-11/h3-4,7H,1-2,5-6,8-10H2. The highest BCUT2D eigenvalue weighted by Crippen LogP contribution is 2.04. The Morgan fingerprint density at radius 3 is 2.42 bits per heavy atom. The molecule has 1 aliphatic heterocycles. The van der Waals surface area contributed by atoms with Crippen LogP contribution in [-0.2, 0) is 0 Å². The predicted octanol–water partition coefficient (Wildman–Crippen LogP) is 1.14. The molecule has 0 bridgehead atoms. The average molecular weight is 165 g/mol. The zero-order valence-electron chi connectivity index (χ0n) is 7.58. The number of piperazine rings is 1. The third kappa shape index (κ3) is 2.80. The molecule has 1 heterocycles. The van der Waals surface area contributed by atoms with Crippen molar-refractivity contribution in [3.8, 4) is 0 Å². The van der Waals surface area contributed by atoms with Crippen LogP contribution in [0.4, 0.5) is 0 Å². The van der Waals surface area contributed by atoms with Crippen LogP contribution in [0.1, 0.15) is 0 Å². The van der Waals surface area contributed by atoms with Gasteiger partial charge in [-0.1, -0.05) is 12.2 Å². The van der Waals surface area contributed by atoms with Gasteiger partial charge in [-0.2, -0.15) is 0 Å². The van der Waals surface area contributed by atoms with Gasteiger partial charge in [-0.3, -0.25) is 9.80 Å². The summed E-state index contributed by atoms with van der Waals surface area (Å²) in [6.45, 7) is 14.9. The van der Waals surface area contributed by atoms with Gasteiger partial charge in [0.2, 0.25) is 0 Å². The van der Waals surface area contributed by atoms with Crippen LogP contribution in [0, 0.1) is 6.54 Å². The van der Waals surface area contributed by atoms with Gasteiger partial charge in [0, 0.05) is 39.3 Å². The van der Waals surface area contributed by atoms with Crippen molar-refractivity contribution >= 4 is 0 Å². The van der Waals surface area contributed by atoms with Crippen molar-refractivity contribution in [2.24, 2.45) is 0 Å². The Morgan fingerprint density at radius 1 is 1.17 bits per heavy atom. The van der Waals surface area contributed by atoms with Crippen LogP contribution in [0.25, 0.3) is 0 Å². The fourth-order valence-corrected chi connectivity index (χ4v) is 1.36. The van der Waals surface area contributed by atoms with Crippen molar-refractivity contribution < 1.29 is 0 Å². The minimum absolute atomic E-state index is 0.974. The molecular weight excluding hydrogens is 148 g/mol. The van der Waals surface area contributed by atoms with Crippen molar-refractivity contribution in [1.82, 2.24) is 9.80 Å². The molecule has 1 rings (SSSR count). The molecule has 0 unspecified atom stereocenters. The van der Waals surface area contributed by atoms with Crippen LogP contribution >= 0.6 is 0 Å². The molecule has 1 radical (unpaired) electrons. The average Bonchev–Trinajstić information content (AvgIpc) is 2.09. The van der Waals surface area contributed by atoms with Crippen LogP contribution in [0.2, 0.25) is 0 Å². The zero-order chi connectivity index (χ0) is 8.81. The Labute approximate surface area is 75.2 Å². The van der Waals surface area contributed by atoms with Crippen LogP contribution < -0.4 is 0 Å². The second-order valence-electron chi connectivity index (χ2n) is 3.01. The molecule has 0 N–H and O–H groups in total. The molecule has 0 aliphatic carbocycles. The summed E-state index contributed by atoms with van der Waals surface area (Å²) < 4.78 is 0. The predicted molar refractivity (Wildman–Crippen MR) is 52.7 cm³/mol. The van der Waals surface area contributed by atoms with Gasteiger partial charge in [0.15, 0.2) is 0 Å². The number of hydrogen-bond acceptors (Lipinski definition) is 2.